The van der Waals surface area contributed by atoms with Crippen molar-refractivity contribution in [3.05, 3.63) is 35.9 Å². The van der Waals surface area contributed by atoms with E-state index >= 15 is 0 Å². The fraction of sp³-hybridized carbons (Fsp3) is 0.533. The Bertz CT molecular complexity index is 430. The van der Waals surface area contributed by atoms with E-state index < -0.39 is 17.6 Å². The molecule has 2 unspecified atom stereocenters. The fourth-order valence-corrected chi connectivity index (χ4v) is 3.21. The van der Waals surface area contributed by atoms with Crippen molar-refractivity contribution < 1.29 is 15.0 Å². The van der Waals surface area contributed by atoms with Crippen LogP contribution in [0.3, 0.4) is 0 Å². The first-order chi connectivity index (χ1) is 10.1. The molecule has 0 bridgehead atoms. The summed E-state index contributed by atoms with van der Waals surface area (Å²) >= 11 is 1.39. The van der Waals surface area contributed by atoms with Gasteiger partial charge in [-0.15, -0.1) is 0 Å². The molecule has 0 spiro atoms. The molecule has 0 radical (unpaired) electrons. The maximum Gasteiger partial charge on any atom is 0.243 e. The molecular formula is C15H24N2O3S. The zero-order valence-corrected chi connectivity index (χ0v) is 13.1. The summed E-state index contributed by atoms with van der Waals surface area (Å²) in [4.78, 5) is 12.1. The van der Waals surface area contributed by atoms with E-state index in [1.54, 1.807) is 0 Å². The second-order valence-corrected chi connectivity index (χ2v) is 5.94. The predicted molar refractivity (Wildman–Crippen MR) is 86.0 cm³/mol. The quantitative estimate of drug-likeness (QED) is 0.503. The van der Waals surface area contributed by atoms with Crippen LogP contribution in [0.25, 0.3) is 0 Å². The Labute approximate surface area is 129 Å². The highest BCUT2D eigenvalue weighted by molar-refractivity contribution is 7.99. The molecule has 1 rings (SSSR count). The molecule has 0 saturated heterocycles. The van der Waals surface area contributed by atoms with Crippen LogP contribution < -0.4 is 11.1 Å². The van der Waals surface area contributed by atoms with Crippen LogP contribution in [0.4, 0.5) is 0 Å². The molecule has 0 fully saturated rings. The Hall–Kier alpha value is -1.08. The van der Waals surface area contributed by atoms with E-state index in [2.05, 4.69) is 5.32 Å². The van der Waals surface area contributed by atoms with Crippen molar-refractivity contribution in [1.82, 2.24) is 5.32 Å². The van der Waals surface area contributed by atoms with Gasteiger partial charge in [-0.25, -0.2) is 0 Å². The second-order valence-electron chi connectivity index (χ2n) is 4.91. The number of aliphatic hydroxyl groups is 2. The highest BCUT2D eigenvalue weighted by atomic mass is 32.2. The molecule has 1 amide bonds. The first-order valence-electron chi connectivity index (χ1n) is 7.04. The van der Waals surface area contributed by atoms with Crippen LogP contribution in [-0.2, 0) is 10.3 Å². The predicted octanol–water partition coefficient (Wildman–Crippen LogP) is 0.453. The monoisotopic (exact) mass is 312 g/mol. The number of rotatable bonds is 10. The Morgan fingerprint density at radius 3 is 2.62 bits per heavy atom. The SMILES string of the molecule is CCCNC(CSCC(O)CO)(C(N)=O)c1ccccc1. The van der Waals surface area contributed by atoms with Gasteiger partial charge in [-0.05, 0) is 18.5 Å². The molecule has 118 valence electrons. The molecular weight excluding hydrogens is 288 g/mol. The van der Waals surface area contributed by atoms with Crippen molar-refractivity contribution in [1.29, 1.82) is 0 Å². The molecule has 0 saturated carbocycles. The number of nitrogens with one attached hydrogen (secondary N) is 1. The summed E-state index contributed by atoms with van der Waals surface area (Å²) in [6, 6.07) is 9.37. The molecule has 0 heterocycles. The minimum absolute atomic E-state index is 0.287. The average Bonchev–Trinajstić information content (AvgIpc) is 2.51. The van der Waals surface area contributed by atoms with Crippen molar-refractivity contribution in [2.75, 3.05) is 24.7 Å². The molecule has 21 heavy (non-hydrogen) atoms. The lowest BCUT2D eigenvalue weighted by atomic mass is 9.91. The number of primary amides is 1. The van der Waals surface area contributed by atoms with Crippen LogP contribution in [0, 0.1) is 0 Å². The molecule has 2 atom stereocenters. The third kappa shape index (κ3) is 5.00. The zero-order valence-electron chi connectivity index (χ0n) is 12.3. The van der Waals surface area contributed by atoms with E-state index in [-0.39, 0.29) is 6.61 Å². The third-order valence-electron chi connectivity index (χ3n) is 3.20. The summed E-state index contributed by atoms with van der Waals surface area (Å²) in [5.74, 6) is 0.323. The number of amides is 1. The van der Waals surface area contributed by atoms with Gasteiger partial charge in [0.1, 0.15) is 5.54 Å². The van der Waals surface area contributed by atoms with Crippen molar-refractivity contribution in [3.8, 4) is 0 Å². The van der Waals surface area contributed by atoms with E-state index in [1.807, 2.05) is 37.3 Å². The van der Waals surface area contributed by atoms with Crippen LogP contribution in [0.15, 0.2) is 30.3 Å². The van der Waals surface area contributed by atoms with Gasteiger partial charge in [-0.3, -0.25) is 10.1 Å². The van der Waals surface area contributed by atoms with Crippen molar-refractivity contribution in [3.63, 3.8) is 0 Å². The normalized spacial score (nSPS) is 15.4. The zero-order chi connectivity index (χ0) is 15.7. The van der Waals surface area contributed by atoms with Gasteiger partial charge in [0, 0.05) is 11.5 Å². The van der Waals surface area contributed by atoms with Gasteiger partial charge in [0.15, 0.2) is 0 Å². The first-order valence-corrected chi connectivity index (χ1v) is 8.19. The maximum atomic E-state index is 12.1. The average molecular weight is 312 g/mol. The lowest BCUT2D eigenvalue weighted by molar-refractivity contribution is -0.123. The molecule has 0 aliphatic rings. The van der Waals surface area contributed by atoms with Gasteiger partial charge in [0.2, 0.25) is 5.91 Å². The maximum absolute atomic E-state index is 12.1. The van der Waals surface area contributed by atoms with Crippen molar-refractivity contribution >= 4 is 17.7 Å². The summed E-state index contributed by atoms with van der Waals surface area (Å²) in [6.45, 7) is 2.40. The minimum Gasteiger partial charge on any atom is -0.394 e. The highest BCUT2D eigenvalue weighted by Gasteiger charge is 2.37. The summed E-state index contributed by atoms with van der Waals surface area (Å²) in [5, 5.41) is 21.5. The fourth-order valence-electron chi connectivity index (χ4n) is 2.00. The van der Waals surface area contributed by atoms with E-state index in [0.29, 0.717) is 18.1 Å². The second kappa shape index (κ2) is 9.04. The molecule has 0 aliphatic carbocycles. The Morgan fingerprint density at radius 2 is 2.10 bits per heavy atom. The molecule has 5 N–H and O–H groups in total. The number of carbonyl (C=O) groups excluding carboxylic acids is 1. The summed E-state index contributed by atoms with van der Waals surface area (Å²) in [6.07, 6.45) is 0.0914. The van der Waals surface area contributed by atoms with Crippen LogP contribution in [0.5, 0.6) is 0 Å². The molecule has 1 aromatic carbocycles. The number of thioether (sulfide) groups is 1. The van der Waals surface area contributed by atoms with Crippen LogP contribution in [0.2, 0.25) is 0 Å². The van der Waals surface area contributed by atoms with Gasteiger partial charge in [-0.2, -0.15) is 11.8 Å². The smallest absolute Gasteiger partial charge is 0.243 e. The summed E-state index contributed by atoms with van der Waals surface area (Å²) in [7, 11) is 0. The van der Waals surface area contributed by atoms with Crippen LogP contribution in [-0.4, -0.2) is 46.9 Å². The first kappa shape index (κ1) is 18.0. The van der Waals surface area contributed by atoms with Gasteiger partial charge in [0.25, 0.3) is 0 Å². The van der Waals surface area contributed by atoms with Gasteiger partial charge in [-0.1, -0.05) is 37.3 Å². The number of benzene rings is 1. The van der Waals surface area contributed by atoms with Crippen LogP contribution >= 0.6 is 11.8 Å². The topological polar surface area (TPSA) is 95.6 Å². The van der Waals surface area contributed by atoms with E-state index in [9.17, 15) is 9.90 Å². The number of nitrogens with two attached hydrogens (primary N) is 1. The molecule has 6 heteroatoms. The standard InChI is InChI=1S/C15H24N2O3S/c1-2-8-17-15(14(16)20,11-21-10-13(19)9-18)12-6-4-3-5-7-12/h3-7,13,17-19H,2,8-11H2,1H3,(H2,16,20). The largest absolute Gasteiger partial charge is 0.394 e. The molecule has 0 aliphatic heterocycles. The third-order valence-corrected chi connectivity index (χ3v) is 4.46. The highest BCUT2D eigenvalue weighted by Crippen LogP contribution is 2.26. The lowest BCUT2D eigenvalue weighted by Crippen LogP contribution is -2.55. The molecule has 1 aromatic rings. The Morgan fingerprint density at radius 1 is 1.43 bits per heavy atom. The van der Waals surface area contributed by atoms with Gasteiger partial charge < -0.3 is 15.9 Å². The summed E-state index contributed by atoms with van der Waals surface area (Å²) in [5.41, 5.74) is 5.52. The molecule has 5 nitrogen and oxygen atoms in total. The summed E-state index contributed by atoms with van der Waals surface area (Å²) < 4.78 is 0. The molecule has 0 aromatic heterocycles. The van der Waals surface area contributed by atoms with E-state index in [1.165, 1.54) is 11.8 Å². The van der Waals surface area contributed by atoms with Gasteiger partial charge >= 0.3 is 0 Å². The number of hydrogen-bond acceptors (Lipinski definition) is 5. The lowest BCUT2D eigenvalue weighted by Gasteiger charge is -2.32. The van der Waals surface area contributed by atoms with Gasteiger partial charge in [0.05, 0.1) is 12.7 Å². The Kier molecular flexibility index (Phi) is 7.74. The van der Waals surface area contributed by atoms with Crippen molar-refractivity contribution in [2.45, 2.75) is 25.0 Å². The van der Waals surface area contributed by atoms with Crippen molar-refractivity contribution in [2.24, 2.45) is 5.73 Å². The minimum atomic E-state index is -0.961. The Balaban J connectivity index is 2.93. The number of carbonyl (C=O) groups is 1. The number of hydrogen-bond donors (Lipinski definition) is 4. The number of aliphatic hydroxyl groups excluding tert-OH is 2. The van der Waals surface area contributed by atoms with Crippen LogP contribution in [0.1, 0.15) is 18.9 Å². The van der Waals surface area contributed by atoms with E-state index in [0.717, 1.165) is 12.0 Å². The van der Waals surface area contributed by atoms with E-state index in [4.69, 9.17) is 10.8 Å².